The maximum atomic E-state index is 13.1. The lowest BCUT2D eigenvalue weighted by molar-refractivity contribution is 0.410. The smallest absolute Gasteiger partial charge is 0.146 e. The van der Waals surface area contributed by atoms with Gasteiger partial charge in [-0.1, -0.05) is 0 Å². The summed E-state index contributed by atoms with van der Waals surface area (Å²) in [6.07, 6.45) is 0.844. The van der Waals surface area contributed by atoms with Crippen LogP contribution in [0.2, 0.25) is 0 Å². The van der Waals surface area contributed by atoms with Crippen LogP contribution in [0.25, 0.3) is 0 Å². The van der Waals surface area contributed by atoms with E-state index in [1.807, 2.05) is 0 Å². The molecular weight excluding hydrogens is 157 g/mol. The fourth-order valence-electron chi connectivity index (χ4n) is 1.54. The molecule has 1 aliphatic rings. The van der Waals surface area contributed by atoms with Crippen molar-refractivity contribution in [1.82, 2.24) is 0 Å². The van der Waals surface area contributed by atoms with Crippen molar-refractivity contribution in [2.24, 2.45) is 0 Å². The van der Waals surface area contributed by atoms with Crippen LogP contribution in [0.3, 0.4) is 0 Å². The predicted octanol–water partition coefficient (Wildman–Crippen LogP) is 1.80. The van der Waals surface area contributed by atoms with Crippen molar-refractivity contribution in [2.45, 2.75) is 6.42 Å². The highest BCUT2D eigenvalue weighted by Gasteiger charge is 2.18. The summed E-state index contributed by atoms with van der Waals surface area (Å²) in [5.74, 6) is 0.583. The molecule has 0 atom stereocenters. The standard InChI is InChI=1S/C9H10FNO/c1-12-8-3-2-7(10)9-6(8)4-5-11-9/h2-3,11H,4-5H2,1H3. The number of hydrogen-bond donors (Lipinski definition) is 1. The lowest BCUT2D eigenvalue weighted by Crippen LogP contribution is -1.93. The van der Waals surface area contributed by atoms with Gasteiger partial charge in [0, 0.05) is 12.1 Å². The summed E-state index contributed by atoms with van der Waals surface area (Å²) in [6.45, 7) is 0.798. The van der Waals surface area contributed by atoms with Gasteiger partial charge in [0.15, 0.2) is 0 Å². The van der Waals surface area contributed by atoms with Gasteiger partial charge in [-0.05, 0) is 18.6 Å². The van der Waals surface area contributed by atoms with Crippen LogP contribution in [-0.4, -0.2) is 13.7 Å². The first-order valence-corrected chi connectivity index (χ1v) is 3.92. The molecule has 64 valence electrons. The number of ether oxygens (including phenoxy) is 1. The molecule has 0 radical (unpaired) electrons. The number of anilines is 1. The lowest BCUT2D eigenvalue weighted by atomic mass is 10.1. The fraction of sp³-hybridized carbons (Fsp3) is 0.333. The third kappa shape index (κ3) is 0.932. The van der Waals surface area contributed by atoms with Crippen LogP contribution < -0.4 is 10.1 Å². The van der Waals surface area contributed by atoms with Gasteiger partial charge >= 0.3 is 0 Å². The minimum absolute atomic E-state index is 0.191. The van der Waals surface area contributed by atoms with Crippen molar-refractivity contribution in [1.29, 1.82) is 0 Å². The van der Waals surface area contributed by atoms with Crippen LogP contribution in [0.5, 0.6) is 5.75 Å². The average molecular weight is 167 g/mol. The van der Waals surface area contributed by atoms with E-state index in [0.717, 1.165) is 24.3 Å². The zero-order valence-electron chi connectivity index (χ0n) is 6.86. The van der Waals surface area contributed by atoms with Gasteiger partial charge in [-0.25, -0.2) is 4.39 Å². The summed E-state index contributed by atoms with van der Waals surface area (Å²) in [6, 6.07) is 3.09. The molecule has 1 heterocycles. The van der Waals surface area contributed by atoms with Crippen molar-refractivity contribution in [3.05, 3.63) is 23.5 Å². The molecule has 0 saturated carbocycles. The molecule has 0 spiro atoms. The van der Waals surface area contributed by atoms with Crippen molar-refractivity contribution in [3.8, 4) is 5.75 Å². The first-order valence-electron chi connectivity index (χ1n) is 3.92. The summed E-state index contributed by atoms with van der Waals surface area (Å²) in [7, 11) is 1.60. The topological polar surface area (TPSA) is 21.3 Å². The Morgan fingerprint density at radius 1 is 1.50 bits per heavy atom. The molecule has 0 aliphatic carbocycles. The second-order valence-corrected chi connectivity index (χ2v) is 2.78. The second kappa shape index (κ2) is 2.66. The monoisotopic (exact) mass is 167 g/mol. The Bertz CT molecular complexity index is 312. The Morgan fingerprint density at radius 3 is 3.08 bits per heavy atom. The largest absolute Gasteiger partial charge is 0.496 e. The summed E-state index contributed by atoms with van der Waals surface area (Å²) in [5.41, 5.74) is 1.56. The van der Waals surface area contributed by atoms with E-state index in [4.69, 9.17) is 4.74 Å². The molecule has 0 saturated heterocycles. The Morgan fingerprint density at radius 2 is 2.33 bits per heavy atom. The number of rotatable bonds is 1. The second-order valence-electron chi connectivity index (χ2n) is 2.78. The van der Waals surface area contributed by atoms with Crippen molar-refractivity contribution in [2.75, 3.05) is 19.0 Å². The summed E-state index contributed by atoms with van der Waals surface area (Å²) >= 11 is 0. The van der Waals surface area contributed by atoms with Crippen LogP contribution in [0, 0.1) is 5.82 Å². The van der Waals surface area contributed by atoms with Crippen LogP contribution in [0.15, 0.2) is 12.1 Å². The van der Waals surface area contributed by atoms with E-state index in [-0.39, 0.29) is 5.82 Å². The Balaban J connectivity index is 2.57. The summed E-state index contributed by atoms with van der Waals surface area (Å²) in [5, 5.41) is 2.99. The minimum atomic E-state index is -0.191. The van der Waals surface area contributed by atoms with E-state index in [0.29, 0.717) is 5.69 Å². The molecule has 2 rings (SSSR count). The molecule has 3 heteroatoms. The fourth-order valence-corrected chi connectivity index (χ4v) is 1.54. The van der Waals surface area contributed by atoms with Gasteiger partial charge in [0.1, 0.15) is 11.6 Å². The summed E-state index contributed by atoms with van der Waals surface area (Å²) < 4.78 is 18.2. The van der Waals surface area contributed by atoms with Crippen LogP contribution in [0.4, 0.5) is 10.1 Å². The van der Waals surface area contributed by atoms with E-state index in [2.05, 4.69) is 5.32 Å². The highest BCUT2D eigenvalue weighted by atomic mass is 19.1. The molecular formula is C9H10FNO. The van der Waals surface area contributed by atoms with E-state index in [1.165, 1.54) is 6.07 Å². The van der Waals surface area contributed by atoms with Gasteiger partial charge in [0.2, 0.25) is 0 Å². The number of fused-ring (bicyclic) bond motifs is 1. The van der Waals surface area contributed by atoms with Crippen LogP contribution in [-0.2, 0) is 6.42 Å². The lowest BCUT2D eigenvalue weighted by Gasteiger charge is -2.06. The SMILES string of the molecule is COc1ccc(F)c2c1CCN2. The van der Waals surface area contributed by atoms with Gasteiger partial charge in [0.05, 0.1) is 12.8 Å². The van der Waals surface area contributed by atoms with Crippen molar-refractivity contribution in [3.63, 3.8) is 0 Å². The summed E-state index contributed by atoms with van der Waals surface area (Å²) in [4.78, 5) is 0. The average Bonchev–Trinajstić information content (AvgIpc) is 2.54. The molecule has 0 unspecified atom stereocenters. The molecule has 2 nitrogen and oxygen atoms in total. The molecule has 0 fully saturated rings. The zero-order valence-corrected chi connectivity index (χ0v) is 6.86. The van der Waals surface area contributed by atoms with E-state index in [9.17, 15) is 4.39 Å². The quantitative estimate of drug-likeness (QED) is 0.688. The molecule has 12 heavy (non-hydrogen) atoms. The number of methoxy groups -OCH3 is 1. The van der Waals surface area contributed by atoms with Gasteiger partial charge in [-0.2, -0.15) is 0 Å². The maximum absolute atomic E-state index is 13.1. The maximum Gasteiger partial charge on any atom is 0.146 e. The number of hydrogen-bond acceptors (Lipinski definition) is 2. The zero-order chi connectivity index (χ0) is 8.55. The molecule has 0 aromatic heterocycles. The van der Waals surface area contributed by atoms with Crippen LogP contribution >= 0.6 is 0 Å². The Hall–Kier alpha value is -1.25. The molecule has 1 aliphatic heterocycles. The number of halogens is 1. The van der Waals surface area contributed by atoms with Crippen molar-refractivity contribution < 1.29 is 9.13 Å². The van der Waals surface area contributed by atoms with Gasteiger partial charge in [0.25, 0.3) is 0 Å². The predicted molar refractivity (Wildman–Crippen MR) is 45.1 cm³/mol. The third-order valence-corrected chi connectivity index (χ3v) is 2.12. The molecule has 0 bridgehead atoms. The molecule has 1 aromatic rings. The number of benzene rings is 1. The van der Waals surface area contributed by atoms with Crippen LogP contribution in [0.1, 0.15) is 5.56 Å². The normalized spacial score (nSPS) is 13.8. The Kier molecular flexibility index (Phi) is 1.64. The van der Waals surface area contributed by atoms with Crippen molar-refractivity contribution >= 4 is 5.69 Å². The van der Waals surface area contributed by atoms with Gasteiger partial charge < -0.3 is 10.1 Å². The Labute approximate surface area is 70.3 Å². The van der Waals surface area contributed by atoms with E-state index in [1.54, 1.807) is 13.2 Å². The first-order chi connectivity index (χ1) is 5.83. The minimum Gasteiger partial charge on any atom is -0.496 e. The number of nitrogens with one attached hydrogen (secondary N) is 1. The van der Waals surface area contributed by atoms with Gasteiger partial charge in [-0.3, -0.25) is 0 Å². The third-order valence-electron chi connectivity index (χ3n) is 2.12. The molecule has 1 N–H and O–H groups in total. The molecule has 0 amide bonds. The van der Waals surface area contributed by atoms with Gasteiger partial charge in [-0.15, -0.1) is 0 Å². The first kappa shape index (κ1) is 7.40. The highest BCUT2D eigenvalue weighted by Crippen LogP contribution is 2.32. The van der Waals surface area contributed by atoms with E-state index < -0.39 is 0 Å². The highest BCUT2D eigenvalue weighted by molar-refractivity contribution is 5.62. The molecule has 1 aromatic carbocycles. The van der Waals surface area contributed by atoms with E-state index >= 15 is 0 Å².